The van der Waals surface area contributed by atoms with E-state index in [-0.39, 0.29) is 5.91 Å². The summed E-state index contributed by atoms with van der Waals surface area (Å²) in [7, 11) is 0. The number of hydrogen-bond acceptors (Lipinski definition) is 2. The van der Waals surface area contributed by atoms with Crippen LogP contribution in [-0.4, -0.2) is 33.9 Å². The van der Waals surface area contributed by atoms with Crippen LogP contribution in [0.15, 0.2) is 42.5 Å². The zero-order valence-corrected chi connectivity index (χ0v) is 16.9. The second-order valence-corrected chi connectivity index (χ2v) is 8.73. The van der Waals surface area contributed by atoms with Crippen molar-refractivity contribution in [2.45, 2.75) is 37.0 Å². The molecule has 6 heteroatoms. The first-order valence-corrected chi connectivity index (χ1v) is 10.5. The molecule has 3 aromatic rings. The van der Waals surface area contributed by atoms with E-state index in [4.69, 9.17) is 28.2 Å². The Morgan fingerprint density at radius 3 is 2.50 bits per heavy atom. The van der Waals surface area contributed by atoms with Crippen molar-refractivity contribution in [3.63, 3.8) is 0 Å². The molecule has 1 aromatic heterocycles. The maximum absolute atomic E-state index is 13.3. The molecule has 2 aliphatic rings. The lowest BCUT2D eigenvalue weighted by Gasteiger charge is -2.34. The topological polar surface area (TPSA) is 49.0 Å². The van der Waals surface area contributed by atoms with E-state index in [1.165, 1.54) is 0 Å². The van der Waals surface area contributed by atoms with Gasteiger partial charge in [0.25, 0.3) is 0 Å². The van der Waals surface area contributed by atoms with Crippen molar-refractivity contribution in [3.8, 4) is 0 Å². The standard InChI is InChI=1S/C22H21Cl2N3O/c23-16-6-5-15(13-17(16)24)22(9-10-22)21(28)27-11-7-14(8-12-27)20-25-18-3-1-2-4-19(18)26-20/h1-6,13-14H,7-12H2,(H,25,26). The molecule has 1 N–H and O–H groups in total. The molecule has 1 aliphatic carbocycles. The number of halogens is 2. The summed E-state index contributed by atoms with van der Waals surface area (Å²) >= 11 is 12.2. The SMILES string of the molecule is O=C(N1CCC(c2nc3ccccc3[nH]2)CC1)C1(c2ccc(Cl)c(Cl)c2)CC1. The first-order valence-electron chi connectivity index (χ1n) is 9.76. The second kappa shape index (κ2) is 6.78. The average Bonchev–Trinajstić information content (AvgIpc) is 3.41. The minimum absolute atomic E-state index is 0.231. The minimum Gasteiger partial charge on any atom is -0.342 e. The number of para-hydroxylation sites is 2. The molecule has 2 fully saturated rings. The molecule has 2 heterocycles. The molecule has 144 valence electrons. The number of hydrogen-bond donors (Lipinski definition) is 1. The van der Waals surface area contributed by atoms with E-state index in [2.05, 4.69) is 11.1 Å². The number of H-pyrrole nitrogens is 1. The lowest BCUT2D eigenvalue weighted by molar-refractivity contribution is -0.135. The van der Waals surface area contributed by atoms with Gasteiger partial charge in [-0.05, 0) is 55.5 Å². The van der Waals surface area contributed by atoms with Gasteiger partial charge in [-0.15, -0.1) is 0 Å². The first kappa shape index (κ1) is 18.0. The van der Waals surface area contributed by atoms with Crippen LogP contribution < -0.4 is 0 Å². The molecule has 0 spiro atoms. The van der Waals surface area contributed by atoms with Crippen LogP contribution in [0.4, 0.5) is 0 Å². The summed E-state index contributed by atoms with van der Waals surface area (Å²) in [6.45, 7) is 1.53. The Morgan fingerprint density at radius 1 is 1.07 bits per heavy atom. The van der Waals surface area contributed by atoms with Crippen molar-refractivity contribution in [1.82, 2.24) is 14.9 Å². The highest BCUT2D eigenvalue weighted by atomic mass is 35.5. The van der Waals surface area contributed by atoms with Crippen LogP contribution in [0.1, 0.15) is 43.0 Å². The summed E-state index contributed by atoms with van der Waals surface area (Å²) in [6, 6.07) is 13.7. The third kappa shape index (κ3) is 2.99. The van der Waals surface area contributed by atoms with Gasteiger partial charge >= 0.3 is 0 Å². The maximum atomic E-state index is 13.3. The molecule has 1 amide bonds. The van der Waals surface area contributed by atoms with Gasteiger partial charge in [0, 0.05) is 19.0 Å². The molecular formula is C22H21Cl2N3O. The fourth-order valence-corrected chi connectivity index (χ4v) is 4.67. The highest BCUT2D eigenvalue weighted by Gasteiger charge is 2.53. The van der Waals surface area contributed by atoms with E-state index in [0.29, 0.717) is 16.0 Å². The number of amides is 1. The first-order chi connectivity index (χ1) is 13.6. The van der Waals surface area contributed by atoms with E-state index in [1.54, 1.807) is 6.07 Å². The van der Waals surface area contributed by atoms with Crippen LogP contribution in [0.5, 0.6) is 0 Å². The van der Waals surface area contributed by atoms with Gasteiger partial charge in [-0.2, -0.15) is 0 Å². The number of piperidine rings is 1. The maximum Gasteiger partial charge on any atom is 0.233 e. The van der Waals surface area contributed by atoms with E-state index < -0.39 is 5.41 Å². The Labute approximate surface area is 173 Å². The fourth-order valence-electron chi connectivity index (χ4n) is 4.37. The van der Waals surface area contributed by atoms with Gasteiger partial charge in [0.05, 0.1) is 26.5 Å². The lowest BCUT2D eigenvalue weighted by Crippen LogP contribution is -2.43. The number of rotatable bonds is 3. The van der Waals surface area contributed by atoms with Gasteiger partial charge in [0.2, 0.25) is 5.91 Å². The summed E-state index contributed by atoms with van der Waals surface area (Å²) < 4.78 is 0. The van der Waals surface area contributed by atoms with Gasteiger partial charge in [-0.3, -0.25) is 4.79 Å². The Hall–Kier alpha value is -2.04. The van der Waals surface area contributed by atoms with Crippen molar-refractivity contribution < 1.29 is 4.79 Å². The molecule has 0 bridgehead atoms. The van der Waals surface area contributed by atoms with Gasteiger partial charge in [-0.1, -0.05) is 41.4 Å². The highest BCUT2D eigenvalue weighted by Crippen LogP contribution is 2.51. The Balaban J connectivity index is 1.30. The summed E-state index contributed by atoms with van der Waals surface area (Å²) in [4.78, 5) is 23.5. The smallest absolute Gasteiger partial charge is 0.233 e. The summed E-state index contributed by atoms with van der Waals surface area (Å²) in [5, 5.41) is 1.04. The van der Waals surface area contributed by atoms with Crippen LogP contribution in [0, 0.1) is 0 Å². The van der Waals surface area contributed by atoms with E-state index in [9.17, 15) is 4.79 Å². The normalized spacial score (nSPS) is 19.1. The number of fused-ring (bicyclic) bond motifs is 1. The molecule has 28 heavy (non-hydrogen) atoms. The molecular weight excluding hydrogens is 393 g/mol. The molecule has 0 unspecified atom stereocenters. The zero-order valence-electron chi connectivity index (χ0n) is 15.4. The molecule has 1 aliphatic heterocycles. The zero-order chi connectivity index (χ0) is 19.3. The number of nitrogens with zero attached hydrogens (tertiary/aromatic N) is 2. The lowest BCUT2D eigenvalue weighted by atomic mass is 9.91. The van der Waals surface area contributed by atoms with Crippen molar-refractivity contribution >= 4 is 40.1 Å². The third-order valence-corrected chi connectivity index (χ3v) is 6.95. The number of carbonyl (C=O) groups is 1. The van der Waals surface area contributed by atoms with Crippen molar-refractivity contribution in [2.75, 3.05) is 13.1 Å². The highest BCUT2D eigenvalue weighted by molar-refractivity contribution is 6.42. The van der Waals surface area contributed by atoms with Gasteiger partial charge in [0.1, 0.15) is 5.82 Å². The van der Waals surface area contributed by atoms with Crippen LogP contribution in [0.25, 0.3) is 11.0 Å². The Kier molecular flexibility index (Phi) is 4.37. The van der Waals surface area contributed by atoms with Crippen molar-refractivity contribution in [3.05, 3.63) is 63.9 Å². The van der Waals surface area contributed by atoms with E-state index in [1.807, 2.05) is 35.2 Å². The molecule has 1 saturated carbocycles. The van der Waals surface area contributed by atoms with E-state index in [0.717, 1.165) is 61.2 Å². The largest absolute Gasteiger partial charge is 0.342 e. The van der Waals surface area contributed by atoms with Crippen LogP contribution in [0.2, 0.25) is 10.0 Å². The molecule has 2 aromatic carbocycles. The number of nitrogens with one attached hydrogen (secondary N) is 1. The third-order valence-electron chi connectivity index (χ3n) is 6.21. The fraction of sp³-hybridized carbons (Fsp3) is 0.364. The van der Waals surface area contributed by atoms with Gasteiger partial charge in [-0.25, -0.2) is 4.98 Å². The van der Waals surface area contributed by atoms with Crippen LogP contribution in [-0.2, 0) is 10.2 Å². The molecule has 4 nitrogen and oxygen atoms in total. The predicted molar refractivity (Wildman–Crippen MR) is 112 cm³/mol. The van der Waals surface area contributed by atoms with E-state index >= 15 is 0 Å². The van der Waals surface area contributed by atoms with Crippen molar-refractivity contribution in [1.29, 1.82) is 0 Å². The number of aromatic amines is 1. The number of aromatic nitrogens is 2. The number of benzene rings is 2. The Morgan fingerprint density at radius 2 is 1.82 bits per heavy atom. The van der Waals surface area contributed by atoms with Crippen LogP contribution >= 0.6 is 23.2 Å². The molecule has 1 saturated heterocycles. The molecule has 0 atom stereocenters. The second-order valence-electron chi connectivity index (χ2n) is 7.92. The minimum atomic E-state index is -0.402. The number of imidazole rings is 1. The summed E-state index contributed by atoms with van der Waals surface area (Å²) in [6.07, 6.45) is 3.63. The van der Waals surface area contributed by atoms with Crippen LogP contribution in [0.3, 0.4) is 0 Å². The average molecular weight is 414 g/mol. The molecule has 0 radical (unpaired) electrons. The number of likely N-dealkylation sites (tertiary alicyclic amines) is 1. The predicted octanol–water partition coefficient (Wildman–Crippen LogP) is 5.31. The monoisotopic (exact) mass is 413 g/mol. The van der Waals surface area contributed by atoms with Crippen molar-refractivity contribution in [2.24, 2.45) is 0 Å². The summed E-state index contributed by atoms with van der Waals surface area (Å²) in [5.41, 5.74) is 2.67. The molecule has 5 rings (SSSR count). The number of carbonyl (C=O) groups excluding carboxylic acids is 1. The quantitative estimate of drug-likeness (QED) is 0.632. The Bertz CT molecular complexity index is 1020. The van der Waals surface area contributed by atoms with Gasteiger partial charge < -0.3 is 9.88 Å². The van der Waals surface area contributed by atoms with Gasteiger partial charge in [0.15, 0.2) is 0 Å². The summed E-state index contributed by atoms with van der Waals surface area (Å²) in [5.74, 6) is 1.64.